The van der Waals surface area contributed by atoms with E-state index in [-0.39, 0.29) is 30.4 Å². The van der Waals surface area contributed by atoms with E-state index in [4.69, 9.17) is 11.5 Å². The Morgan fingerprint density at radius 2 is 1.49 bits per heavy atom. The number of hydrogen-bond donors (Lipinski definition) is 7. The average Bonchev–Trinajstić information content (AvgIpc) is 2.86. The van der Waals surface area contributed by atoms with Crippen LogP contribution in [0.4, 0.5) is 0 Å². The summed E-state index contributed by atoms with van der Waals surface area (Å²) in [5, 5.41) is 27.1. The van der Waals surface area contributed by atoms with E-state index in [0.717, 1.165) is 0 Å². The van der Waals surface area contributed by atoms with Gasteiger partial charge in [0.1, 0.15) is 23.9 Å². The molecule has 11 heteroatoms. The van der Waals surface area contributed by atoms with Crippen LogP contribution >= 0.6 is 0 Å². The van der Waals surface area contributed by atoms with E-state index in [0.29, 0.717) is 31.4 Å². The van der Waals surface area contributed by atoms with Crippen molar-refractivity contribution in [3.8, 4) is 5.75 Å². The van der Waals surface area contributed by atoms with E-state index in [1.54, 1.807) is 32.9 Å². The van der Waals surface area contributed by atoms with Gasteiger partial charge in [0.25, 0.3) is 0 Å². The van der Waals surface area contributed by atoms with Crippen molar-refractivity contribution in [2.45, 2.75) is 84.0 Å². The van der Waals surface area contributed by atoms with Gasteiger partial charge in [-0.1, -0.05) is 46.2 Å². The zero-order valence-corrected chi connectivity index (χ0v) is 22.2. The van der Waals surface area contributed by atoms with Gasteiger partial charge in [0.05, 0.1) is 6.04 Å². The van der Waals surface area contributed by atoms with E-state index >= 15 is 0 Å². The molecule has 0 heterocycles. The molecule has 0 saturated carbocycles. The van der Waals surface area contributed by atoms with E-state index < -0.39 is 47.9 Å². The van der Waals surface area contributed by atoms with E-state index in [1.807, 2.05) is 6.92 Å². The summed E-state index contributed by atoms with van der Waals surface area (Å²) < 4.78 is 0. The maximum absolute atomic E-state index is 13.3. The van der Waals surface area contributed by atoms with Gasteiger partial charge in [0.2, 0.25) is 17.7 Å². The maximum Gasteiger partial charge on any atom is 0.326 e. The molecule has 5 atom stereocenters. The summed E-state index contributed by atoms with van der Waals surface area (Å²) in [6.07, 6.45) is 1.94. The van der Waals surface area contributed by atoms with Gasteiger partial charge in [0, 0.05) is 6.42 Å². The minimum atomic E-state index is -1.19. The van der Waals surface area contributed by atoms with E-state index in [2.05, 4.69) is 16.0 Å². The van der Waals surface area contributed by atoms with Crippen molar-refractivity contribution >= 4 is 23.7 Å². The summed E-state index contributed by atoms with van der Waals surface area (Å²) in [4.78, 5) is 50.9. The van der Waals surface area contributed by atoms with Crippen LogP contribution in [-0.4, -0.2) is 64.6 Å². The highest BCUT2D eigenvalue weighted by atomic mass is 16.4. The van der Waals surface area contributed by atoms with Crippen molar-refractivity contribution in [3.05, 3.63) is 29.8 Å². The number of aliphatic carboxylic acids is 1. The van der Waals surface area contributed by atoms with Crippen LogP contribution in [0, 0.1) is 11.8 Å². The van der Waals surface area contributed by atoms with Crippen LogP contribution in [0.5, 0.6) is 5.75 Å². The Balaban J connectivity index is 3.17. The number of nitrogens with one attached hydrogen (secondary N) is 3. The second-order valence-electron chi connectivity index (χ2n) is 9.76. The fraction of sp³-hybridized carbons (Fsp3) is 0.615. The van der Waals surface area contributed by atoms with Crippen LogP contribution in [-0.2, 0) is 25.6 Å². The summed E-state index contributed by atoms with van der Waals surface area (Å²) in [7, 11) is 0. The standard InChI is InChI=1S/C26H43N5O6/c1-5-16(4)22(31-24(34)21(28)15(2)3)25(35)30-20(14-17-9-11-18(32)12-10-17)23(33)29-19(26(36)37)8-6-7-13-27/h9-12,15-16,19-22,32H,5-8,13-14,27-28H2,1-4H3,(H,29,33)(H,30,35)(H,31,34)(H,36,37). The van der Waals surface area contributed by atoms with Gasteiger partial charge in [-0.15, -0.1) is 0 Å². The molecule has 1 rings (SSSR count). The normalized spacial score (nSPS) is 15.2. The molecule has 11 nitrogen and oxygen atoms in total. The molecule has 208 valence electrons. The summed E-state index contributed by atoms with van der Waals surface area (Å²) in [5.74, 6) is -3.26. The lowest BCUT2D eigenvalue weighted by atomic mass is 9.96. The molecule has 0 spiro atoms. The first-order valence-electron chi connectivity index (χ1n) is 12.8. The minimum Gasteiger partial charge on any atom is -0.508 e. The van der Waals surface area contributed by atoms with Gasteiger partial charge in [-0.05, 0) is 55.3 Å². The van der Waals surface area contributed by atoms with Crippen molar-refractivity contribution in [1.29, 1.82) is 0 Å². The molecule has 0 aliphatic rings. The third kappa shape index (κ3) is 10.8. The van der Waals surface area contributed by atoms with Crippen LogP contribution in [0.2, 0.25) is 0 Å². The zero-order valence-electron chi connectivity index (χ0n) is 22.2. The second kappa shape index (κ2) is 15.8. The SMILES string of the molecule is CCC(C)C(NC(=O)C(N)C(C)C)C(=O)NC(Cc1ccc(O)cc1)C(=O)NC(CCCCN)C(=O)O. The molecule has 0 aliphatic carbocycles. The number of carbonyl (C=O) groups is 4. The molecular weight excluding hydrogens is 478 g/mol. The molecule has 0 fully saturated rings. The number of aromatic hydroxyl groups is 1. The number of unbranched alkanes of at least 4 members (excludes halogenated alkanes) is 1. The molecule has 3 amide bonds. The second-order valence-corrected chi connectivity index (χ2v) is 9.76. The summed E-state index contributed by atoms with van der Waals surface area (Å²) in [5.41, 5.74) is 12.1. The maximum atomic E-state index is 13.3. The Kier molecular flexibility index (Phi) is 13.6. The Hall–Kier alpha value is -3.18. The molecule has 0 aromatic heterocycles. The van der Waals surface area contributed by atoms with Gasteiger partial charge < -0.3 is 37.6 Å². The Bertz CT molecular complexity index is 892. The predicted octanol–water partition coefficient (Wildman–Crippen LogP) is 0.632. The Morgan fingerprint density at radius 1 is 0.892 bits per heavy atom. The lowest BCUT2D eigenvalue weighted by molar-refractivity contribution is -0.142. The first-order valence-corrected chi connectivity index (χ1v) is 12.8. The van der Waals surface area contributed by atoms with Gasteiger partial charge >= 0.3 is 5.97 Å². The van der Waals surface area contributed by atoms with Gasteiger partial charge in [-0.3, -0.25) is 14.4 Å². The molecule has 1 aromatic rings. The van der Waals surface area contributed by atoms with Crippen LogP contribution in [0.25, 0.3) is 0 Å². The topological polar surface area (TPSA) is 197 Å². The van der Waals surface area contributed by atoms with Crippen LogP contribution < -0.4 is 27.4 Å². The summed E-state index contributed by atoms with van der Waals surface area (Å²) in [6.45, 7) is 7.68. The van der Waals surface area contributed by atoms with Crippen molar-refractivity contribution in [3.63, 3.8) is 0 Å². The number of amides is 3. The fourth-order valence-corrected chi connectivity index (χ4v) is 3.62. The van der Waals surface area contributed by atoms with Crippen LogP contribution in [0.1, 0.15) is 58.9 Å². The smallest absolute Gasteiger partial charge is 0.326 e. The summed E-state index contributed by atoms with van der Waals surface area (Å²) in [6, 6.07) is 2.09. The number of phenolic OH excluding ortho intramolecular Hbond substituents is 1. The number of rotatable bonds is 16. The molecule has 0 bridgehead atoms. The number of phenols is 1. The van der Waals surface area contributed by atoms with E-state index in [1.165, 1.54) is 12.1 Å². The highest BCUT2D eigenvalue weighted by Crippen LogP contribution is 2.14. The molecule has 9 N–H and O–H groups in total. The van der Waals surface area contributed by atoms with Gasteiger partial charge in [0.15, 0.2) is 0 Å². The average molecular weight is 522 g/mol. The number of carbonyl (C=O) groups excluding carboxylic acids is 3. The number of hydrogen-bond acceptors (Lipinski definition) is 7. The minimum absolute atomic E-state index is 0.0413. The highest BCUT2D eigenvalue weighted by molar-refractivity contribution is 5.94. The molecule has 0 saturated heterocycles. The van der Waals surface area contributed by atoms with Crippen molar-refractivity contribution in [2.24, 2.45) is 23.3 Å². The highest BCUT2D eigenvalue weighted by Gasteiger charge is 2.33. The van der Waals surface area contributed by atoms with Gasteiger partial charge in [-0.2, -0.15) is 0 Å². The molecule has 0 aliphatic heterocycles. The molecular formula is C26H43N5O6. The number of carboxylic acid groups (broad SMARTS) is 1. The first kappa shape index (κ1) is 31.8. The number of carboxylic acids is 1. The molecule has 1 aromatic carbocycles. The molecule has 0 radical (unpaired) electrons. The monoisotopic (exact) mass is 521 g/mol. The largest absolute Gasteiger partial charge is 0.508 e. The number of nitrogens with two attached hydrogens (primary N) is 2. The Labute approximate surface area is 218 Å². The molecule has 37 heavy (non-hydrogen) atoms. The van der Waals surface area contributed by atoms with E-state index in [9.17, 15) is 29.4 Å². The fourth-order valence-electron chi connectivity index (χ4n) is 3.62. The quantitative estimate of drug-likeness (QED) is 0.154. The van der Waals surface area contributed by atoms with Crippen molar-refractivity contribution in [2.75, 3.05) is 6.54 Å². The van der Waals surface area contributed by atoms with Crippen LogP contribution in [0.3, 0.4) is 0 Å². The lowest BCUT2D eigenvalue weighted by Gasteiger charge is -2.28. The zero-order chi connectivity index (χ0) is 28.1. The predicted molar refractivity (Wildman–Crippen MR) is 140 cm³/mol. The van der Waals surface area contributed by atoms with Crippen molar-refractivity contribution in [1.82, 2.24) is 16.0 Å². The Morgan fingerprint density at radius 3 is 2.00 bits per heavy atom. The third-order valence-corrected chi connectivity index (χ3v) is 6.38. The van der Waals surface area contributed by atoms with Crippen molar-refractivity contribution < 1.29 is 29.4 Å². The van der Waals surface area contributed by atoms with Crippen LogP contribution in [0.15, 0.2) is 24.3 Å². The molecule has 5 unspecified atom stereocenters. The number of benzene rings is 1. The summed E-state index contributed by atoms with van der Waals surface area (Å²) >= 11 is 0. The lowest BCUT2D eigenvalue weighted by Crippen LogP contribution is -2.59. The first-order chi connectivity index (χ1) is 17.4. The van der Waals surface area contributed by atoms with Gasteiger partial charge in [-0.25, -0.2) is 4.79 Å². The third-order valence-electron chi connectivity index (χ3n) is 6.38.